The maximum atomic E-state index is 14.4. The molecule has 1 aromatic heterocycles. The number of aliphatic hydroxyl groups excluding tert-OH is 1. The third-order valence-electron chi connectivity index (χ3n) is 5.00. The highest BCUT2D eigenvalue weighted by Gasteiger charge is 2.23. The average molecular weight is 446 g/mol. The molecular weight excluding hydrogens is 416 g/mol. The van der Waals surface area contributed by atoms with Crippen molar-refractivity contribution in [1.82, 2.24) is 14.7 Å². The van der Waals surface area contributed by atoms with Gasteiger partial charge in [0.25, 0.3) is 0 Å². The first-order chi connectivity index (χ1) is 15.4. The molecule has 1 N–H and O–H groups in total. The number of hydrogen-bond acceptors (Lipinski definition) is 5. The molecule has 0 aliphatic heterocycles. The minimum absolute atomic E-state index is 0.0680. The molecule has 172 valence electrons. The summed E-state index contributed by atoms with van der Waals surface area (Å²) in [5, 5.41) is 14.8. The van der Waals surface area contributed by atoms with E-state index in [-0.39, 0.29) is 18.2 Å². The summed E-state index contributed by atoms with van der Waals surface area (Å²) in [5.41, 5.74) is 2.05. The highest BCUT2D eigenvalue weighted by atomic mass is 19.1. The van der Waals surface area contributed by atoms with Gasteiger partial charge in [-0.1, -0.05) is 19.1 Å². The molecule has 0 radical (unpaired) electrons. The number of hydrogen-bond donors (Lipinski definition) is 1. The number of rotatable bonds is 11. The Labute approximate surface area is 187 Å². The average Bonchev–Trinajstić information content (AvgIpc) is 3.06. The third-order valence-corrected chi connectivity index (χ3v) is 5.00. The number of nitrogens with zero attached hydrogens (tertiary/aromatic N) is 3. The van der Waals surface area contributed by atoms with Crippen molar-refractivity contribution in [1.29, 1.82) is 0 Å². The maximum Gasteiger partial charge on any atom is 0.227 e. The Balaban J connectivity index is 2.01. The third kappa shape index (κ3) is 5.91. The van der Waals surface area contributed by atoms with Gasteiger partial charge in [-0.05, 0) is 56.3 Å². The minimum atomic E-state index is -0.644. The summed E-state index contributed by atoms with van der Waals surface area (Å²) < 4.78 is 40.5. The lowest BCUT2D eigenvalue weighted by molar-refractivity contribution is 0.0356. The second-order valence-electron chi connectivity index (χ2n) is 7.63. The summed E-state index contributed by atoms with van der Waals surface area (Å²) in [4.78, 5) is 2.08. The van der Waals surface area contributed by atoms with Crippen LogP contribution in [0.1, 0.15) is 24.6 Å². The SMILES string of the molecule is CCCN(Cc1c(C)nn(-c2ccc(F)cc2)c1Oc1ccccc1F)C[C@H](O)COC. The van der Waals surface area contributed by atoms with E-state index in [1.54, 1.807) is 42.1 Å². The molecule has 3 rings (SSSR count). The van der Waals surface area contributed by atoms with Crippen molar-refractivity contribution in [2.45, 2.75) is 32.9 Å². The predicted octanol–water partition coefficient (Wildman–Crippen LogP) is 4.47. The fourth-order valence-corrected chi connectivity index (χ4v) is 3.53. The van der Waals surface area contributed by atoms with Gasteiger partial charge < -0.3 is 14.6 Å². The van der Waals surface area contributed by atoms with Crippen LogP contribution in [-0.4, -0.2) is 52.7 Å². The fourth-order valence-electron chi connectivity index (χ4n) is 3.53. The minimum Gasteiger partial charge on any atom is -0.435 e. The molecule has 2 aromatic carbocycles. The molecule has 0 saturated heterocycles. The summed E-state index contributed by atoms with van der Waals surface area (Å²) in [6, 6.07) is 12.0. The van der Waals surface area contributed by atoms with E-state index in [2.05, 4.69) is 16.9 Å². The Morgan fingerprint density at radius 2 is 1.84 bits per heavy atom. The highest BCUT2D eigenvalue weighted by Crippen LogP contribution is 2.33. The van der Waals surface area contributed by atoms with E-state index in [1.807, 2.05) is 6.92 Å². The summed E-state index contributed by atoms with van der Waals surface area (Å²) in [5.74, 6) is -0.445. The quantitative estimate of drug-likeness (QED) is 0.472. The predicted molar refractivity (Wildman–Crippen MR) is 118 cm³/mol. The van der Waals surface area contributed by atoms with E-state index < -0.39 is 11.9 Å². The van der Waals surface area contributed by atoms with Gasteiger partial charge in [-0.3, -0.25) is 4.90 Å². The Morgan fingerprint density at radius 3 is 2.50 bits per heavy atom. The van der Waals surface area contributed by atoms with Crippen LogP contribution in [0.5, 0.6) is 11.6 Å². The van der Waals surface area contributed by atoms with Crippen LogP contribution in [-0.2, 0) is 11.3 Å². The number of benzene rings is 2. The monoisotopic (exact) mass is 445 g/mol. The number of methoxy groups -OCH3 is 1. The van der Waals surface area contributed by atoms with E-state index in [1.165, 1.54) is 18.2 Å². The largest absolute Gasteiger partial charge is 0.435 e. The number of aliphatic hydroxyl groups is 1. The van der Waals surface area contributed by atoms with Gasteiger partial charge in [0.15, 0.2) is 11.6 Å². The van der Waals surface area contributed by atoms with Crippen LogP contribution in [0.4, 0.5) is 8.78 Å². The molecule has 0 spiro atoms. The Bertz CT molecular complexity index is 1010. The van der Waals surface area contributed by atoms with Crippen LogP contribution in [0.25, 0.3) is 5.69 Å². The van der Waals surface area contributed by atoms with Crippen LogP contribution < -0.4 is 4.74 Å². The Hall–Kier alpha value is -2.81. The van der Waals surface area contributed by atoms with E-state index in [4.69, 9.17) is 9.47 Å². The van der Waals surface area contributed by atoms with Crippen molar-refractivity contribution in [2.24, 2.45) is 0 Å². The van der Waals surface area contributed by atoms with Gasteiger partial charge >= 0.3 is 0 Å². The maximum absolute atomic E-state index is 14.4. The summed E-state index contributed by atoms with van der Waals surface area (Å²) in [7, 11) is 1.55. The van der Waals surface area contributed by atoms with Gasteiger partial charge in [0, 0.05) is 20.2 Å². The van der Waals surface area contributed by atoms with Crippen molar-refractivity contribution in [3.05, 3.63) is 71.4 Å². The van der Waals surface area contributed by atoms with Crippen LogP contribution in [0.3, 0.4) is 0 Å². The van der Waals surface area contributed by atoms with Crippen LogP contribution in [0, 0.1) is 18.6 Å². The second-order valence-corrected chi connectivity index (χ2v) is 7.63. The fraction of sp³-hybridized carbons (Fsp3) is 0.375. The smallest absolute Gasteiger partial charge is 0.227 e. The zero-order valence-electron chi connectivity index (χ0n) is 18.6. The first kappa shape index (κ1) is 23.8. The van der Waals surface area contributed by atoms with E-state index in [9.17, 15) is 13.9 Å². The lowest BCUT2D eigenvalue weighted by Crippen LogP contribution is -2.35. The van der Waals surface area contributed by atoms with Gasteiger partial charge in [0.2, 0.25) is 5.88 Å². The lowest BCUT2D eigenvalue weighted by Gasteiger charge is -2.24. The topological polar surface area (TPSA) is 59.8 Å². The molecule has 8 heteroatoms. The normalized spacial score (nSPS) is 12.3. The van der Waals surface area contributed by atoms with Crippen molar-refractivity contribution in [3.8, 4) is 17.3 Å². The number of para-hydroxylation sites is 1. The molecule has 0 aliphatic rings. The van der Waals surface area contributed by atoms with E-state index in [0.29, 0.717) is 30.4 Å². The first-order valence-corrected chi connectivity index (χ1v) is 10.6. The molecule has 0 saturated carbocycles. The van der Waals surface area contributed by atoms with Gasteiger partial charge in [-0.25, -0.2) is 13.5 Å². The molecule has 1 atom stereocenters. The van der Waals surface area contributed by atoms with Gasteiger partial charge in [-0.15, -0.1) is 0 Å². The first-order valence-electron chi connectivity index (χ1n) is 10.6. The Kier molecular flexibility index (Phi) is 8.33. The number of aryl methyl sites for hydroxylation is 1. The van der Waals surface area contributed by atoms with Crippen LogP contribution >= 0.6 is 0 Å². The van der Waals surface area contributed by atoms with Crippen LogP contribution in [0.15, 0.2) is 48.5 Å². The zero-order chi connectivity index (χ0) is 23.1. The summed E-state index contributed by atoms with van der Waals surface area (Å²) in [6.07, 6.45) is 0.240. The molecule has 0 aliphatic carbocycles. The lowest BCUT2D eigenvalue weighted by atomic mass is 10.2. The molecule has 0 unspecified atom stereocenters. The van der Waals surface area contributed by atoms with Crippen molar-refractivity contribution >= 4 is 0 Å². The van der Waals surface area contributed by atoms with Gasteiger partial charge in [0.1, 0.15) is 5.82 Å². The molecule has 0 amide bonds. The van der Waals surface area contributed by atoms with Crippen molar-refractivity contribution in [3.63, 3.8) is 0 Å². The second kappa shape index (κ2) is 11.2. The molecule has 6 nitrogen and oxygen atoms in total. The van der Waals surface area contributed by atoms with Crippen LogP contribution in [0.2, 0.25) is 0 Å². The molecule has 0 bridgehead atoms. The molecule has 32 heavy (non-hydrogen) atoms. The molecule has 1 heterocycles. The zero-order valence-corrected chi connectivity index (χ0v) is 18.6. The number of halogens is 2. The standard InChI is InChI=1S/C24H29F2N3O3/c1-4-13-28(14-20(30)16-31-3)15-21-17(2)27-29(19-11-9-18(25)10-12-19)24(21)32-23-8-6-5-7-22(23)26/h5-12,20,30H,4,13-16H2,1-3H3/t20-/m0/s1. The van der Waals surface area contributed by atoms with Crippen molar-refractivity contribution < 1.29 is 23.4 Å². The highest BCUT2D eigenvalue weighted by molar-refractivity contribution is 5.43. The summed E-state index contributed by atoms with van der Waals surface area (Å²) >= 11 is 0. The van der Waals surface area contributed by atoms with E-state index >= 15 is 0 Å². The van der Waals surface area contributed by atoms with Gasteiger partial charge in [-0.2, -0.15) is 5.10 Å². The summed E-state index contributed by atoms with van der Waals surface area (Å²) in [6.45, 7) is 5.71. The molecule has 0 fully saturated rings. The Morgan fingerprint density at radius 1 is 1.12 bits per heavy atom. The number of ether oxygens (including phenoxy) is 2. The number of aromatic nitrogens is 2. The van der Waals surface area contributed by atoms with E-state index in [0.717, 1.165) is 18.5 Å². The van der Waals surface area contributed by atoms with Gasteiger partial charge in [0.05, 0.1) is 29.7 Å². The molecular formula is C24H29F2N3O3. The molecule has 3 aromatic rings. The van der Waals surface area contributed by atoms with Crippen molar-refractivity contribution in [2.75, 3.05) is 26.8 Å².